The zero-order valence-corrected chi connectivity index (χ0v) is 11.7. The Kier molecular flexibility index (Phi) is 5.04. The highest BCUT2D eigenvalue weighted by Gasteiger charge is 2.04. The highest BCUT2D eigenvalue weighted by Crippen LogP contribution is 2.19. The van der Waals surface area contributed by atoms with Crippen LogP contribution < -0.4 is 5.32 Å². The molecule has 1 amide bonds. The molecule has 2 aromatic carbocycles. The first kappa shape index (κ1) is 13.7. The maximum atomic E-state index is 11.9. The van der Waals surface area contributed by atoms with Crippen LogP contribution in [-0.4, -0.2) is 18.7 Å². The van der Waals surface area contributed by atoms with Crippen molar-refractivity contribution >= 4 is 17.7 Å². The van der Waals surface area contributed by atoms with Gasteiger partial charge in [0.15, 0.2) is 0 Å². The molecule has 0 aromatic heterocycles. The molecule has 3 heteroatoms. The molecule has 0 fully saturated rings. The van der Waals surface area contributed by atoms with Crippen LogP contribution in [0.4, 0.5) is 0 Å². The second-order valence-electron chi connectivity index (χ2n) is 4.18. The minimum Gasteiger partial charge on any atom is -0.352 e. The number of carbonyl (C=O) groups excluding carboxylic acids is 1. The van der Waals surface area contributed by atoms with E-state index in [2.05, 4.69) is 23.7 Å². The Morgan fingerprint density at radius 1 is 1.05 bits per heavy atom. The number of amides is 1. The molecule has 0 spiro atoms. The van der Waals surface area contributed by atoms with Crippen molar-refractivity contribution in [2.24, 2.45) is 0 Å². The van der Waals surface area contributed by atoms with Crippen molar-refractivity contribution < 1.29 is 4.79 Å². The van der Waals surface area contributed by atoms with Gasteiger partial charge in [0.25, 0.3) is 5.91 Å². The summed E-state index contributed by atoms with van der Waals surface area (Å²) in [5.74, 6) is -0.0118. The number of benzene rings is 2. The summed E-state index contributed by atoms with van der Waals surface area (Å²) in [6, 6.07) is 17.6. The van der Waals surface area contributed by atoms with E-state index in [0.717, 1.165) is 6.42 Å². The molecule has 0 aliphatic heterocycles. The van der Waals surface area contributed by atoms with Gasteiger partial charge in [0.1, 0.15) is 0 Å². The first-order chi connectivity index (χ1) is 9.31. The lowest BCUT2D eigenvalue weighted by molar-refractivity contribution is 0.0954. The topological polar surface area (TPSA) is 29.1 Å². The average molecular weight is 271 g/mol. The van der Waals surface area contributed by atoms with Crippen molar-refractivity contribution in [3.8, 4) is 0 Å². The van der Waals surface area contributed by atoms with Gasteiger partial charge in [-0.3, -0.25) is 4.79 Å². The Bertz CT molecular complexity index is 539. The predicted molar refractivity (Wildman–Crippen MR) is 80.7 cm³/mol. The van der Waals surface area contributed by atoms with E-state index in [1.165, 1.54) is 10.5 Å². The van der Waals surface area contributed by atoms with Gasteiger partial charge < -0.3 is 5.32 Å². The monoisotopic (exact) mass is 271 g/mol. The standard InChI is InChI=1S/C16H17NOS/c1-19-15-10-6-5-7-13(15)11-12-17-16(18)14-8-3-2-4-9-14/h2-10H,11-12H2,1H3,(H,17,18). The van der Waals surface area contributed by atoms with Crippen LogP contribution in [0.25, 0.3) is 0 Å². The van der Waals surface area contributed by atoms with E-state index in [1.54, 1.807) is 11.8 Å². The normalized spacial score (nSPS) is 10.2. The molecule has 0 unspecified atom stereocenters. The summed E-state index contributed by atoms with van der Waals surface area (Å²) >= 11 is 1.74. The van der Waals surface area contributed by atoms with Crippen molar-refractivity contribution in [3.05, 3.63) is 65.7 Å². The predicted octanol–water partition coefficient (Wildman–Crippen LogP) is 3.38. The molecule has 19 heavy (non-hydrogen) atoms. The zero-order chi connectivity index (χ0) is 13.5. The highest BCUT2D eigenvalue weighted by molar-refractivity contribution is 7.98. The average Bonchev–Trinajstić information content (AvgIpc) is 2.48. The van der Waals surface area contributed by atoms with Crippen LogP contribution in [0.15, 0.2) is 59.5 Å². The molecule has 0 bridgehead atoms. The van der Waals surface area contributed by atoms with Crippen LogP contribution in [0, 0.1) is 0 Å². The van der Waals surface area contributed by atoms with Crippen molar-refractivity contribution in [1.29, 1.82) is 0 Å². The molecule has 0 atom stereocenters. The van der Waals surface area contributed by atoms with Crippen LogP contribution >= 0.6 is 11.8 Å². The summed E-state index contributed by atoms with van der Waals surface area (Å²) < 4.78 is 0. The molecule has 1 N–H and O–H groups in total. The van der Waals surface area contributed by atoms with E-state index >= 15 is 0 Å². The van der Waals surface area contributed by atoms with Gasteiger partial charge in [0, 0.05) is 17.0 Å². The van der Waals surface area contributed by atoms with Gasteiger partial charge in [0.2, 0.25) is 0 Å². The van der Waals surface area contributed by atoms with E-state index in [9.17, 15) is 4.79 Å². The van der Waals surface area contributed by atoms with E-state index in [0.29, 0.717) is 12.1 Å². The molecule has 2 nitrogen and oxygen atoms in total. The summed E-state index contributed by atoms with van der Waals surface area (Å²) in [6.45, 7) is 0.658. The summed E-state index contributed by atoms with van der Waals surface area (Å²) in [7, 11) is 0. The molecule has 0 aliphatic rings. The number of thioether (sulfide) groups is 1. The smallest absolute Gasteiger partial charge is 0.251 e. The molecular formula is C16H17NOS. The number of nitrogens with one attached hydrogen (secondary N) is 1. The maximum Gasteiger partial charge on any atom is 0.251 e. The van der Waals surface area contributed by atoms with Crippen molar-refractivity contribution in [3.63, 3.8) is 0 Å². The Balaban J connectivity index is 1.88. The minimum atomic E-state index is -0.0118. The third-order valence-electron chi connectivity index (χ3n) is 2.91. The Morgan fingerprint density at radius 2 is 1.74 bits per heavy atom. The number of carbonyl (C=O) groups is 1. The van der Waals surface area contributed by atoms with Crippen molar-refractivity contribution in [2.45, 2.75) is 11.3 Å². The Labute approximate surface area is 118 Å². The van der Waals surface area contributed by atoms with E-state index < -0.39 is 0 Å². The van der Waals surface area contributed by atoms with Gasteiger partial charge in [-0.15, -0.1) is 11.8 Å². The second kappa shape index (κ2) is 7.00. The summed E-state index contributed by atoms with van der Waals surface area (Å²) in [5.41, 5.74) is 1.99. The summed E-state index contributed by atoms with van der Waals surface area (Å²) in [5, 5.41) is 2.95. The largest absolute Gasteiger partial charge is 0.352 e. The molecule has 2 aromatic rings. The van der Waals surface area contributed by atoms with Crippen LogP contribution in [-0.2, 0) is 6.42 Å². The van der Waals surface area contributed by atoms with Crippen LogP contribution in [0.2, 0.25) is 0 Å². The van der Waals surface area contributed by atoms with E-state index in [-0.39, 0.29) is 5.91 Å². The van der Waals surface area contributed by atoms with Crippen molar-refractivity contribution in [1.82, 2.24) is 5.32 Å². The fraction of sp³-hybridized carbons (Fsp3) is 0.188. The van der Waals surface area contributed by atoms with Gasteiger partial charge in [0.05, 0.1) is 0 Å². The quantitative estimate of drug-likeness (QED) is 0.845. The molecule has 0 saturated heterocycles. The Morgan fingerprint density at radius 3 is 2.47 bits per heavy atom. The lowest BCUT2D eigenvalue weighted by Crippen LogP contribution is -2.25. The van der Waals surface area contributed by atoms with E-state index in [4.69, 9.17) is 0 Å². The zero-order valence-electron chi connectivity index (χ0n) is 10.9. The maximum absolute atomic E-state index is 11.9. The van der Waals surface area contributed by atoms with Crippen LogP contribution in [0.3, 0.4) is 0 Å². The third-order valence-corrected chi connectivity index (χ3v) is 3.75. The molecule has 0 radical (unpaired) electrons. The van der Waals surface area contributed by atoms with Gasteiger partial charge in [-0.1, -0.05) is 36.4 Å². The van der Waals surface area contributed by atoms with Crippen LogP contribution in [0.5, 0.6) is 0 Å². The molecule has 0 saturated carbocycles. The first-order valence-corrected chi connectivity index (χ1v) is 7.49. The lowest BCUT2D eigenvalue weighted by atomic mass is 10.1. The molecule has 2 rings (SSSR count). The van der Waals surface area contributed by atoms with Gasteiger partial charge in [-0.2, -0.15) is 0 Å². The summed E-state index contributed by atoms with van der Waals surface area (Å²) in [4.78, 5) is 13.1. The number of rotatable bonds is 5. The van der Waals surface area contributed by atoms with E-state index in [1.807, 2.05) is 42.5 Å². The highest BCUT2D eigenvalue weighted by atomic mass is 32.2. The molecule has 98 valence electrons. The molecule has 0 heterocycles. The number of hydrogen-bond acceptors (Lipinski definition) is 2. The Hall–Kier alpha value is -1.74. The van der Waals surface area contributed by atoms with Crippen molar-refractivity contribution in [2.75, 3.05) is 12.8 Å². The first-order valence-electron chi connectivity index (χ1n) is 6.26. The SMILES string of the molecule is CSc1ccccc1CCNC(=O)c1ccccc1. The molecule has 0 aliphatic carbocycles. The fourth-order valence-electron chi connectivity index (χ4n) is 1.91. The van der Waals surface area contributed by atoms with Gasteiger partial charge in [-0.05, 0) is 36.4 Å². The fourth-order valence-corrected chi connectivity index (χ4v) is 2.56. The van der Waals surface area contributed by atoms with Gasteiger partial charge >= 0.3 is 0 Å². The second-order valence-corrected chi connectivity index (χ2v) is 5.03. The summed E-state index contributed by atoms with van der Waals surface area (Å²) in [6.07, 6.45) is 2.93. The number of hydrogen-bond donors (Lipinski definition) is 1. The lowest BCUT2D eigenvalue weighted by Gasteiger charge is -2.08. The van der Waals surface area contributed by atoms with Crippen LogP contribution in [0.1, 0.15) is 15.9 Å². The third kappa shape index (κ3) is 3.86. The minimum absolute atomic E-state index is 0.0118. The molecular weight excluding hydrogens is 254 g/mol. The van der Waals surface area contributed by atoms with Gasteiger partial charge in [-0.25, -0.2) is 0 Å².